The number of aromatic nitrogens is 2. The first-order valence-corrected chi connectivity index (χ1v) is 11.2. The zero-order valence-electron chi connectivity index (χ0n) is 16.2. The molecule has 2 heterocycles. The second kappa shape index (κ2) is 7.72. The van der Waals surface area contributed by atoms with Crippen molar-refractivity contribution in [2.45, 2.75) is 49.9 Å². The predicted molar refractivity (Wildman–Crippen MR) is 117 cm³/mol. The number of fused-ring (bicyclic) bond motifs is 3. The third-order valence-corrected chi connectivity index (χ3v) is 7.52. The van der Waals surface area contributed by atoms with Gasteiger partial charge in [0.15, 0.2) is 5.16 Å². The number of anilines is 1. The van der Waals surface area contributed by atoms with Gasteiger partial charge in [-0.3, -0.25) is 14.2 Å². The number of carbonyl (C=O) groups is 1. The van der Waals surface area contributed by atoms with Crippen LogP contribution in [0.3, 0.4) is 0 Å². The first kappa shape index (κ1) is 19.2. The third kappa shape index (κ3) is 3.49. The summed E-state index contributed by atoms with van der Waals surface area (Å²) in [7, 11) is 1.74. The van der Waals surface area contributed by atoms with Crippen molar-refractivity contribution in [2.75, 3.05) is 5.32 Å². The van der Waals surface area contributed by atoms with Gasteiger partial charge in [-0.2, -0.15) is 0 Å². The van der Waals surface area contributed by atoms with Gasteiger partial charge >= 0.3 is 0 Å². The molecule has 1 aliphatic carbocycles. The highest BCUT2D eigenvalue weighted by Crippen LogP contribution is 2.35. The van der Waals surface area contributed by atoms with Crippen molar-refractivity contribution in [1.82, 2.24) is 9.55 Å². The quantitative estimate of drug-likeness (QED) is 0.504. The van der Waals surface area contributed by atoms with Gasteiger partial charge < -0.3 is 5.32 Å². The van der Waals surface area contributed by atoms with Crippen LogP contribution in [0.4, 0.5) is 5.69 Å². The van der Waals surface area contributed by atoms with E-state index in [1.54, 1.807) is 23.0 Å². The van der Waals surface area contributed by atoms with Crippen molar-refractivity contribution in [3.8, 4) is 0 Å². The average Bonchev–Trinajstić information content (AvgIpc) is 3.27. The van der Waals surface area contributed by atoms with Crippen molar-refractivity contribution >= 4 is 44.9 Å². The lowest BCUT2D eigenvalue weighted by Gasteiger charge is -2.14. The van der Waals surface area contributed by atoms with Gasteiger partial charge in [-0.05, 0) is 55.9 Å². The molecule has 0 bridgehead atoms. The molecule has 0 spiro atoms. The van der Waals surface area contributed by atoms with E-state index >= 15 is 0 Å². The number of thioether (sulfide) groups is 1. The molecule has 0 saturated heterocycles. The summed E-state index contributed by atoms with van der Waals surface area (Å²) in [6, 6.07) is 7.87. The minimum absolute atomic E-state index is 0.00494. The van der Waals surface area contributed by atoms with E-state index in [-0.39, 0.29) is 16.7 Å². The average molecular weight is 414 g/mol. The number of benzene rings is 1. The van der Waals surface area contributed by atoms with E-state index in [0.29, 0.717) is 5.16 Å². The molecule has 1 aromatic carbocycles. The molecule has 2 aromatic heterocycles. The van der Waals surface area contributed by atoms with E-state index in [9.17, 15) is 9.59 Å². The number of amides is 1. The summed E-state index contributed by atoms with van der Waals surface area (Å²) in [5.41, 5.74) is 3.19. The smallest absolute Gasteiger partial charge is 0.262 e. The van der Waals surface area contributed by atoms with E-state index < -0.39 is 0 Å². The first-order valence-electron chi connectivity index (χ1n) is 9.55. The van der Waals surface area contributed by atoms with E-state index in [1.807, 2.05) is 31.2 Å². The van der Waals surface area contributed by atoms with Crippen LogP contribution < -0.4 is 10.9 Å². The van der Waals surface area contributed by atoms with Gasteiger partial charge in [0.25, 0.3) is 5.56 Å². The molecule has 1 atom stereocenters. The molecule has 4 rings (SSSR count). The monoisotopic (exact) mass is 413 g/mol. The summed E-state index contributed by atoms with van der Waals surface area (Å²) in [6.07, 6.45) is 4.09. The Morgan fingerprint density at radius 2 is 2.07 bits per heavy atom. The van der Waals surface area contributed by atoms with Crippen molar-refractivity contribution in [3.63, 3.8) is 0 Å². The molecule has 0 unspecified atom stereocenters. The second-order valence-electron chi connectivity index (χ2n) is 7.10. The van der Waals surface area contributed by atoms with Gasteiger partial charge in [0.2, 0.25) is 5.91 Å². The van der Waals surface area contributed by atoms with Crippen LogP contribution in [0.5, 0.6) is 0 Å². The fraction of sp³-hybridized carbons (Fsp3) is 0.381. The molecular weight excluding hydrogens is 390 g/mol. The maximum Gasteiger partial charge on any atom is 0.262 e. The van der Waals surface area contributed by atoms with Crippen molar-refractivity contribution in [3.05, 3.63) is 50.6 Å². The molecule has 1 aliphatic rings. The molecular formula is C21H23N3O2S2. The number of nitrogens with one attached hydrogen (secondary N) is 1. The summed E-state index contributed by atoms with van der Waals surface area (Å²) in [6.45, 7) is 3.94. The molecule has 1 N–H and O–H groups in total. The lowest BCUT2D eigenvalue weighted by molar-refractivity contribution is -0.115. The minimum Gasteiger partial charge on any atom is -0.325 e. The second-order valence-corrected chi connectivity index (χ2v) is 9.49. The van der Waals surface area contributed by atoms with E-state index in [0.717, 1.165) is 41.6 Å². The molecule has 5 nitrogen and oxygen atoms in total. The fourth-order valence-corrected chi connectivity index (χ4v) is 5.67. The summed E-state index contributed by atoms with van der Waals surface area (Å²) >= 11 is 2.95. The zero-order chi connectivity index (χ0) is 19.8. The van der Waals surface area contributed by atoms with E-state index in [1.165, 1.54) is 27.8 Å². The Kier molecular flexibility index (Phi) is 5.29. The third-order valence-electron chi connectivity index (χ3n) is 5.19. The highest BCUT2D eigenvalue weighted by Gasteiger charge is 2.24. The summed E-state index contributed by atoms with van der Waals surface area (Å²) < 4.78 is 1.58. The predicted octanol–water partition coefficient (Wildman–Crippen LogP) is 4.17. The number of carbonyl (C=O) groups excluding carboxylic acids is 1. The number of rotatable bonds is 5. The Bertz CT molecular complexity index is 1100. The maximum atomic E-state index is 12.9. The van der Waals surface area contributed by atoms with E-state index in [4.69, 9.17) is 4.98 Å². The molecule has 0 aliphatic heterocycles. The van der Waals surface area contributed by atoms with Crippen LogP contribution >= 0.6 is 23.1 Å². The van der Waals surface area contributed by atoms with Crippen LogP contribution in [-0.2, 0) is 31.1 Å². The summed E-state index contributed by atoms with van der Waals surface area (Å²) in [4.78, 5) is 32.3. The van der Waals surface area contributed by atoms with Crippen LogP contribution in [0, 0.1) is 0 Å². The van der Waals surface area contributed by atoms with Crippen molar-refractivity contribution < 1.29 is 4.79 Å². The normalized spacial score (nSPS) is 14.2. The van der Waals surface area contributed by atoms with E-state index in [2.05, 4.69) is 12.2 Å². The molecule has 3 aromatic rings. The lowest BCUT2D eigenvalue weighted by Crippen LogP contribution is -2.25. The Morgan fingerprint density at radius 1 is 1.32 bits per heavy atom. The topological polar surface area (TPSA) is 64.0 Å². The number of hydrogen-bond donors (Lipinski definition) is 1. The standard InChI is InChI=1S/C21H23N3O2S2/c1-4-13-8-10-14(11-9-13)22-18(25)12(2)27-21-23-19-17(20(26)24(21)3)15-6-5-7-16(15)28-19/h8-12H,4-7H2,1-3H3,(H,22,25)/t12-/m0/s1. The van der Waals surface area contributed by atoms with Crippen LogP contribution in [0.25, 0.3) is 10.2 Å². The SMILES string of the molecule is CCc1ccc(NC(=O)[C@H](C)Sc2nc3sc4c(c3c(=O)n2C)CCC4)cc1. The Labute approximate surface area is 172 Å². The highest BCUT2D eigenvalue weighted by molar-refractivity contribution is 8.00. The minimum atomic E-state index is -0.367. The van der Waals surface area contributed by atoms with Gasteiger partial charge in [-0.25, -0.2) is 4.98 Å². The Hall–Kier alpha value is -2.12. The van der Waals surface area contributed by atoms with Crippen molar-refractivity contribution in [2.24, 2.45) is 7.05 Å². The molecule has 0 saturated carbocycles. The van der Waals surface area contributed by atoms with Gasteiger partial charge in [0, 0.05) is 17.6 Å². The van der Waals surface area contributed by atoms with Gasteiger partial charge in [0.05, 0.1) is 10.6 Å². The van der Waals surface area contributed by atoms with Crippen LogP contribution in [0.2, 0.25) is 0 Å². The number of aryl methyl sites for hydroxylation is 3. The molecule has 0 radical (unpaired) electrons. The molecule has 7 heteroatoms. The fourth-order valence-electron chi connectivity index (χ4n) is 3.49. The number of thiophene rings is 1. The van der Waals surface area contributed by atoms with Crippen LogP contribution in [0.15, 0.2) is 34.2 Å². The number of hydrogen-bond acceptors (Lipinski definition) is 5. The Morgan fingerprint density at radius 3 is 2.79 bits per heavy atom. The van der Waals surface area contributed by atoms with Gasteiger partial charge in [-0.1, -0.05) is 30.8 Å². The van der Waals surface area contributed by atoms with Crippen LogP contribution in [-0.4, -0.2) is 20.7 Å². The highest BCUT2D eigenvalue weighted by atomic mass is 32.2. The molecule has 0 fully saturated rings. The summed E-state index contributed by atoms with van der Waals surface area (Å²) in [5.74, 6) is -0.0998. The molecule has 1 amide bonds. The zero-order valence-corrected chi connectivity index (χ0v) is 17.9. The van der Waals surface area contributed by atoms with Gasteiger partial charge in [-0.15, -0.1) is 11.3 Å². The molecule has 28 heavy (non-hydrogen) atoms. The summed E-state index contributed by atoms with van der Waals surface area (Å²) in [5, 5.41) is 3.94. The van der Waals surface area contributed by atoms with Crippen molar-refractivity contribution in [1.29, 1.82) is 0 Å². The molecule has 146 valence electrons. The largest absolute Gasteiger partial charge is 0.325 e. The lowest BCUT2D eigenvalue weighted by atomic mass is 10.1. The maximum absolute atomic E-state index is 12.9. The number of nitrogens with zero attached hydrogens (tertiary/aromatic N) is 2. The van der Waals surface area contributed by atoms with Crippen LogP contribution in [0.1, 0.15) is 36.3 Å². The Balaban J connectivity index is 1.54. The first-order chi connectivity index (χ1) is 13.5. The van der Waals surface area contributed by atoms with Gasteiger partial charge in [0.1, 0.15) is 4.83 Å².